The van der Waals surface area contributed by atoms with Gasteiger partial charge in [0.25, 0.3) is 0 Å². The van der Waals surface area contributed by atoms with Crippen molar-refractivity contribution in [2.75, 3.05) is 11.9 Å². The Bertz CT molecular complexity index is 1270. The van der Waals surface area contributed by atoms with Gasteiger partial charge in [-0.05, 0) is 64.0 Å². The number of nitrogens with zero attached hydrogens (tertiary/aromatic N) is 3. The Morgan fingerprint density at radius 3 is 2.65 bits per heavy atom. The molecule has 0 radical (unpaired) electrons. The van der Waals surface area contributed by atoms with Gasteiger partial charge in [0, 0.05) is 47.3 Å². The molecular weight excluding hydrogens is 492 g/mol. The number of thiazole rings is 1. The molecule has 3 aromatic rings. The number of nitrogens with two attached hydrogens (primary N) is 2. The minimum Gasteiger partial charge on any atom is -0.446 e. The van der Waals surface area contributed by atoms with Crippen LogP contribution in [-0.2, 0) is 9.47 Å². The number of nitrogens with one attached hydrogen (secondary N) is 1. The van der Waals surface area contributed by atoms with Crippen molar-refractivity contribution >= 4 is 34.8 Å². The molecule has 2 aliphatic rings. The predicted octanol–water partition coefficient (Wildman–Crippen LogP) is 4.98. The number of primary amides is 2. The summed E-state index contributed by atoms with van der Waals surface area (Å²) in [5, 5.41) is 8.99. The van der Waals surface area contributed by atoms with Gasteiger partial charge in [0.15, 0.2) is 12.0 Å². The van der Waals surface area contributed by atoms with Crippen LogP contribution in [0.2, 0.25) is 0 Å². The summed E-state index contributed by atoms with van der Waals surface area (Å²) in [6.07, 6.45) is 7.33. The van der Waals surface area contributed by atoms with Gasteiger partial charge in [0.05, 0.1) is 9.88 Å². The fraction of sp³-hybridized carbons (Fsp3) is 0.462. The number of aromatic nitrogens is 3. The van der Waals surface area contributed by atoms with Crippen molar-refractivity contribution in [2.45, 2.75) is 70.1 Å². The predicted molar refractivity (Wildman–Crippen MR) is 141 cm³/mol. The smallest absolute Gasteiger partial charge is 0.404 e. The van der Waals surface area contributed by atoms with E-state index in [1.54, 1.807) is 23.6 Å². The van der Waals surface area contributed by atoms with Gasteiger partial charge >= 0.3 is 6.09 Å². The molecule has 1 saturated heterocycles. The molecular formula is C26H32N6O4S. The quantitative estimate of drug-likeness (QED) is 0.395. The maximum Gasteiger partial charge on any atom is 0.404 e. The van der Waals surface area contributed by atoms with E-state index in [0.717, 1.165) is 78.4 Å². The van der Waals surface area contributed by atoms with Crippen molar-refractivity contribution in [3.8, 4) is 10.4 Å². The molecule has 2 amide bonds. The zero-order valence-electron chi connectivity index (χ0n) is 20.8. The topological polar surface area (TPSA) is 147 Å². The van der Waals surface area contributed by atoms with E-state index in [-0.39, 0.29) is 18.2 Å². The minimum absolute atomic E-state index is 0.0425. The summed E-state index contributed by atoms with van der Waals surface area (Å²) in [6, 6.07) is 7.54. The lowest BCUT2D eigenvalue weighted by Crippen LogP contribution is -2.26. The average molecular weight is 525 g/mol. The lowest BCUT2D eigenvalue weighted by atomic mass is 9.88. The Kier molecular flexibility index (Phi) is 7.43. The van der Waals surface area contributed by atoms with Gasteiger partial charge in [0.1, 0.15) is 6.10 Å². The lowest BCUT2D eigenvalue weighted by Gasteiger charge is -2.26. The van der Waals surface area contributed by atoms with Gasteiger partial charge in [0.2, 0.25) is 5.91 Å². The molecule has 1 aliphatic carbocycles. The first-order valence-electron chi connectivity index (χ1n) is 12.7. The van der Waals surface area contributed by atoms with E-state index in [2.05, 4.69) is 15.4 Å². The van der Waals surface area contributed by atoms with Crippen LogP contribution in [0.25, 0.3) is 10.4 Å². The van der Waals surface area contributed by atoms with Crippen LogP contribution in [0.15, 0.2) is 30.5 Å². The second kappa shape index (κ2) is 10.9. The molecule has 0 bridgehead atoms. The van der Waals surface area contributed by atoms with Gasteiger partial charge in [-0.1, -0.05) is 6.07 Å². The van der Waals surface area contributed by atoms with Crippen molar-refractivity contribution in [3.05, 3.63) is 46.7 Å². The molecule has 1 aromatic carbocycles. The summed E-state index contributed by atoms with van der Waals surface area (Å²) < 4.78 is 12.9. The van der Waals surface area contributed by atoms with Crippen LogP contribution < -0.4 is 16.8 Å². The summed E-state index contributed by atoms with van der Waals surface area (Å²) >= 11 is 1.57. The monoisotopic (exact) mass is 524 g/mol. The number of ether oxygens (including phenoxy) is 2. The molecule has 196 valence electrons. The third-order valence-electron chi connectivity index (χ3n) is 7.00. The number of hydrogen-bond acceptors (Lipinski definition) is 8. The lowest BCUT2D eigenvalue weighted by molar-refractivity contribution is -0.0404. The van der Waals surface area contributed by atoms with Crippen LogP contribution in [0, 0.1) is 6.92 Å². The molecule has 3 heterocycles. The molecule has 2 fully saturated rings. The highest BCUT2D eigenvalue weighted by molar-refractivity contribution is 7.15. The Morgan fingerprint density at radius 2 is 1.95 bits per heavy atom. The van der Waals surface area contributed by atoms with Gasteiger partial charge < -0.3 is 26.3 Å². The molecule has 1 atom stereocenters. The Hall–Kier alpha value is -3.44. The van der Waals surface area contributed by atoms with E-state index in [1.807, 2.05) is 29.8 Å². The van der Waals surface area contributed by atoms with Crippen molar-refractivity contribution in [3.63, 3.8) is 0 Å². The van der Waals surface area contributed by atoms with Crippen LogP contribution in [0.3, 0.4) is 0 Å². The summed E-state index contributed by atoms with van der Waals surface area (Å²) in [6.45, 7) is 2.76. The standard InChI is InChI=1S/C26H32N6O4S/c1-15-12-22(31-32(15)23-4-2-3-11-35-23)30-17-7-10-19(20(13-17)24(27)33)21-14-29-25(37-21)16-5-8-18(9-6-16)36-26(28)34/h7,10,12-14,16,18,23H,2-6,8-9,11H2,1H3,(H2,27,33)(H2,28,34)(H,30,31). The summed E-state index contributed by atoms with van der Waals surface area (Å²) in [5.41, 5.74) is 13.8. The molecule has 10 nitrogen and oxygen atoms in total. The van der Waals surface area contributed by atoms with Crippen LogP contribution in [0.5, 0.6) is 0 Å². The zero-order valence-corrected chi connectivity index (χ0v) is 21.6. The SMILES string of the molecule is Cc1cc(Nc2ccc(-c3cnc(C4CCC(OC(N)=O)CC4)s3)c(C(N)=O)c2)nn1C1CCCCO1. The fourth-order valence-corrected chi connectivity index (χ4v) is 6.26. The molecule has 5 N–H and O–H groups in total. The molecule has 1 saturated carbocycles. The number of aryl methyl sites for hydroxylation is 1. The van der Waals surface area contributed by atoms with Crippen molar-refractivity contribution in [1.29, 1.82) is 0 Å². The first-order valence-corrected chi connectivity index (χ1v) is 13.5. The summed E-state index contributed by atoms with van der Waals surface area (Å²) in [7, 11) is 0. The second-order valence-electron chi connectivity index (χ2n) is 9.66. The van der Waals surface area contributed by atoms with Gasteiger partial charge in [-0.25, -0.2) is 14.5 Å². The number of rotatable bonds is 7. The first kappa shape index (κ1) is 25.2. The molecule has 1 aliphatic heterocycles. The number of benzene rings is 1. The molecule has 1 unspecified atom stereocenters. The number of anilines is 2. The normalized spacial score (nSPS) is 21.9. The average Bonchev–Trinajstić information content (AvgIpc) is 3.51. The first-order chi connectivity index (χ1) is 17.9. The summed E-state index contributed by atoms with van der Waals surface area (Å²) in [5.74, 6) is 0.469. The van der Waals surface area contributed by atoms with Gasteiger partial charge in [-0.15, -0.1) is 11.3 Å². The van der Waals surface area contributed by atoms with Crippen molar-refractivity contribution < 1.29 is 19.1 Å². The molecule has 2 aromatic heterocycles. The molecule has 11 heteroatoms. The summed E-state index contributed by atoms with van der Waals surface area (Å²) in [4.78, 5) is 28.9. The minimum atomic E-state index is -0.723. The van der Waals surface area contributed by atoms with E-state index < -0.39 is 12.0 Å². The van der Waals surface area contributed by atoms with Gasteiger partial charge in [-0.2, -0.15) is 5.10 Å². The van der Waals surface area contributed by atoms with E-state index >= 15 is 0 Å². The number of carbonyl (C=O) groups excluding carboxylic acids is 2. The van der Waals surface area contributed by atoms with Crippen LogP contribution in [-0.4, -0.2) is 39.5 Å². The number of hydrogen-bond donors (Lipinski definition) is 3. The Balaban J connectivity index is 1.31. The zero-order chi connectivity index (χ0) is 25.9. The van der Waals surface area contributed by atoms with Crippen molar-refractivity contribution in [2.24, 2.45) is 11.5 Å². The number of amides is 2. The highest BCUT2D eigenvalue weighted by atomic mass is 32.1. The fourth-order valence-electron chi connectivity index (χ4n) is 5.14. The van der Waals surface area contributed by atoms with Crippen molar-refractivity contribution in [1.82, 2.24) is 14.8 Å². The van der Waals surface area contributed by atoms with Crippen LogP contribution in [0.4, 0.5) is 16.3 Å². The largest absolute Gasteiger partial charge is 0.446 e. The molecule has 37 heavy (non-hydrogen) atoms. The molecule has 5 rings (SSSR count). The second-order valence-corrected chi connectivity index (χ2v) is 10.7. The van der Waals surface area contributed by atoms with E-state index in [1.165, 1.54) is 0 Å². The van der Waals surface area contributed by atoms with E-state index in [9.17, 15) is 9.59 Å². The van der Waals surface area contributed by atoms with E-state index in [0.29, 0.717) is 11.4 Å². The van der Waals surface area contributed by atoms with Crippen LogP contribution in [0.1, 0.15) is 78.2 Å². The molecule has 0 spiro atoms. The van der Waals surface area contributed by atoms with E-state index in [4.69, 9.17) is 20.9 Å². The maximum atomic E-state index is 12.4. The van der Waals surface area contributed by atoms with Crippen LogP contribution >= 0.6 is 11.3 Å². The highest BCUT2D eigenvalue weighted by Gasteiger charge is 2.27. The highest BCUT2D eigenvalue weighted by Crippen LogP contribution is 2.39. The Labute approximate surface area is 219 Å². The third-order valence-corrected chi connectivity index (χ3v) is 8.20. The maximum absolute atomic E-state index is 12.4. The third kappa shape index (κ3) is 5.78. The number of carbonyl (C=O) groups is 2. The van der Waals surface area contributed by atoms with Gasteiger partial charge in [-0.3, -0.25) is 4.79 Å². The Morgan fingerprint density at radius 1 is 1.14 bits per heavy atom.